The average Bonchev–Trinajstić information content (AvgIpc) is 2.68. The van der Waals surface area contributed by atoms with Crippen molar-refractivity contribution in [2.75, 3.05) is 20.2 Å². The Hall–Kier alpha value is -0.340. The SMILES string of the molecule is CNCCC=C(C)CCC1CCCO1. The fourth-order valence-electron chi connectivity index (χ4n) is 1.83. The summed E-state index contributed by atoms with van der Waals surface area (Å²) in [6.07, 6.45) is 8.97. The molecule has 0 aromatic rings. The summed E-state index contributed by atoms with van der Waals surface area (Å²) >= 11 is 0. The lowest BCUT2D eigenvalue weighted by atomic mass is 10.1. The van der Waals surface area contributed by atoms with E-state index >= 15 is 0 Å². The molecule has 1 saturated heterocycles. The summed E-state index contributed by atoms with van der Waals surface area (Å²) in [6.45, 7) is 4.29. The smallest absolute Gasteiger partial charge is 0.0579 e. The highest BCUT2D eigenvalue weighted by atomic mass is 16.5. The van der Waals surface area contributed by atoms with Crippen LogP contribution in [0.5, 0.6) is 0 Å². The van der Waals surface area contributed by atoms with Crippen molar-refractivity contribution in [1.29, 1.82) is 0 Å². The van der Waals surface area contributed by atoms with Crippen LogP contribution in [0.15, 0.2) is 11.6 Å². The summed E-state index contributed by atoms with van der Waals surface area (Å²) in [7, 11) is 2.00. The Balaban J connectivity index is 2.06. The lowest BCUT2D eigenvalue weighted by molar-refractivity contribution is 0.104. The van der Waals surface area contributed by atoms with E-state index in [1.807, 2.05) is 7.05 Å². The van der Waals surface area contributed by atoms with Crippen LogP contribution in [-0.2, 0) is 4.74 Å². The molecule has 0 saturated carbocycles. The molecule has 1 N–H and O–H groups in total. The Labute approximate surface area is 87.7 Å². The molecular formula is C12H23NO. The maximum Gasteiger partial charge on any atom is 0.0579 e. The summed E-state index contributed by atoms with van der Waals surface area (Å²) in [5.74, 6) is 0. The number of nitrogens with one attached hydrogen (secondary N) is 1. The molecule has 0 aliphatic carbocycles. The highest BCUT2D eigenvalue weighted by molar-refractivity contribution is 4.98. The molecule has 1 heterocycles. The average molecular weight is 197 g/mol. The van der Waals surface area contributed by atoms with E-state index in [1.165, 1.54) is 31.3 Å². The van der Waals surface area contributed by atoms with Gasteiger partial charge in [0.05, 0.1) is 6.10 Å². The Morgan fingerprint density at radius 1 is 1.57 bits per heavy atom. The Morgan fingerprint density at radius 2 is 2.43 bits per heavy atom. The Bertz CT molecular complexity index is 171. The number of hydrogen-bond donors (Lipinski definition) is 1. The van der Waals surface area contributed by atoms with E-state index in [-0.39, 0.29) is 0 Å². The van der Waals surface area contributed by atoms with E-state index in [4.69, 9.17) is 4.74 Å². The molecule has 82 valence electrons. The zero-order valence-electron chi connectivity index (χ0n) is 9.51. The molecule has 1 aliphatic heterocycles. The van der Waals surface area contributed by atoms with Gasteiger partial charge in [-0.25, -0.2) is 0 Å². The highest BCUT2D eigenvalue weighted by Gasteiger charge is 2.14. The van der Waals surface area contributed by atoms with Crippen molar-refractivity contribution < 1.29 is 4.74 Å². The van der Waals surface area contributed by atoms with Crippen LogP contribution in [-0.4, -0.2) is 26.3 Å². The van der Waals surface area contributed by atoms with Crippen LogP contribution in [0.3, 0.4) is 0 Å². The topological polar surface area (TPSA) is 21.3 Å². The van der Waals surface area contributed by atoms with Crippen LogP contribution in [0.1, 0.15) is 39.0 Å². The van der Waals surface area contributed by atoms with E-state index < -0.39 is 0 Å². The zero-order chi connectivity index (χ0) is 10.2. The van der Waals surface area contributed by atoms with Gasteiger partial charge in [0, 0.05) is 6.61 Å². The first-order chi connectivity index (χ1) is 6.83. The Morgan fingerprint density at radius 3 is 3.07 bits per heavy atom. The molecule has 2 nitrogen and oxygen atoms in total. The van der Waals surface area contributed by atoms with Crippen LogP contribution in [0.25, 0.3) is 0 Å². The van der Waals surface area contributed by atoms with Crippen LogP contribution in [0, 0.1) is 0 Å². The lowest BCUT2D eigenvalue weighted by Crippen LogP contribution is -2.06. The third kappa shape index (κ3) is 4.77. The third-order valence-corrected chi connectivity index (χ3v) is 2.77. The number of ether oxygens (including phenoxy) is 1. The molecule has 1 aliphatic rings. The van der Waals surface area contributed by atoms with E-state index in [0.29, 0.717) is 6.10 Å². The van der Waals surface area contributed by atoms with Gasteiger partial charge in [-0.3, -0.25) is 0 Å². The molecule has 0 bridgehead atoms. The van der Waals surface area contributed by atoms with Gasteiger partial charge in [0.2, 0.25) is 0 Å². The minimum Gasteiger partial charge on any atom is -0.378 e. The number of allylic oxidation sites excluding steroid dienone is 1. The van der Waals surface area contributed by atoms with Gasteiger partial charge in [0.15, 0.2) is 0 Å². The normalized spacial score (nSPS) is 23.0. The first kappa shape index (κ1) is 11.7. The van der Waals surface area contributed by atoms with Gasteiger partial charge >= 0.3 is 0 Å². The number of hydrogen-bond acceptors (Lipinski definition) is 2. The largest absolute Gasteiger partial charge is 0.378 e. The third-order valence-electron chi connectivity index (χ3n) is 2.77. The van der Waals surface area contributed by atoms with Gasteiger partial charge in [0.1, 0.15) is 0 Å². The molecule has 14 heavy (non-hydrogen) atoms. The molecule has 1 atom stereocenters. The Kier molecular flexibility index (Phi) is 5.88. The van der Waals surface area contributed by atoms with Crippen molar-refractivity contribution in [2.24, 2.45) is 0 Å². The fraction of sp³-hybridized carbons (Fsp3) is 0.833. The van der Waals surface area contributed by atoms with E-state index in [2.05, 4.69) is 18.3 Å². The quantitative estimate of drug-likeness (QED) is 0.522. The molecule has 0 spiro atoms. The van der Waals surface area contributed by atoms with Crippen molar-refractivity contribution in [3.8, 4) is 0 Å². The van der Waals surface area contributed by atoms with Crippen LogP contribution in [0.2, 0.25) is 0 Å². The van der Waals surface area contributed by atoms with Crippen molar-refractivity contribution in [3.63, 3.8) is 0 Å². The van der Waals surface area contributed by atoms with Crippen molar-refractivity contribution >= 4 is 0 Å². The van der Waals surface area contributed by atoms with Gasteiger partial charge in [0.25, 0.3) is 0 Å². The summed E-state index contributed by atoms with van der Waals surface area (Å²) in [5, 5.41) is 3.15. The highest BCUT2D eigenvalue weighted by Crippen LogP contribution is 2.19. The van der Waals surface area contributed by atoms with Crippen LogP contribution < -0.4 is 5.32 Å². The number of rotatable bonds is 6. The van der Waals surface area contributed by atoms with E-state index in [1.54, 1.807) is 0 Å². The van der Waals surface area contributed by atoms with Crippen molar-refractivity contribution in [1.82, 2.24) is 5.32 Å². The minimum absolute atomic E-state index is 0.544. The molecule has 0 amide bonds. The molecule has 1 rings (SSSR count). The first-order valence-corrected chi connectivity index (χ1v) is 5.74. The zero-order valence-corrected chi connectivity index (χ0v) is 9.51. The maximum absolute atomic E-state index is 5.59. The maximum atomic E-state index is 5.59. The summed E-state index contributed by atoms with van der Waals surface area (Å²) in [4.78, 5) is 0. The van der Waals surface area contributed by atoms with Gasteiger partial charge in [-0.1, -0.05) is 11.6 Å². The molecule has 0 aromatic carbocycles. The molecule has 1 fully saturated rings. The molecule has 2 heteroatoms. The molecule has 0 aromatic heterocycles. The first-order valence-electron chi connectivity index (χ1n) is 5.74. The second kappa shape index (κ2) is 7.02. The van der Waals surface area contributed by atoms with Gasteiger partial charge < -0.3 is 10.1 Å². The summed E-state index contributed by atoms with van der Waals surface area (Å²) in [5.41, 5.74) is 1.51. The summed E-state index contributed by atoms with van der Waals surface area (Å²) < 4.78 is 5.59. The fourth-order valence-corrected chi connectivity index (χ4v) is 1.83. The van der Waals surface area contributed by atoms with Crippen LogP contribution >= 0.6 is 0 Å². The van der Waals surface area contributed by atoms with Crippen molar-refractivity contribution in [3.05, 3.63) is 11.6 Å². The monoisotopic (exact) mass is 197 g/mol. The molecule has 1 unspecified atom stereocenters. The molecule has 0 radical (unpaired) electrons. The second-order valence-electron chi connectivity index (χ2n) is 4.12. The summed E-state index contributed by atoms with van der Waals surface area (Å²) in [6, 6.07) is 0. The second-order valence-corrected chi connectivity index (χ2v) is 4.12. The minimum atomic E-state index is 0.544. The standard InChI is InChI=1S/C12H23NO/c1-11(5-3-9-13-2)7-8-12-6-4-10-14-12/h5,12-13H,3-4,6-10H2,1-2H3. The predicted octanol–water partition coefficient (Wildman–Crippen LogP) is 2.50. The van der Waals surface area contributed by atoms with Crippen molar-refractivity contribution in [2.45, 2.75) is 45.1 Å². The van der Waals surface area contributed by atoms with Gasteiger partial charge in [-0.15, -0.1) is 0 Å². The van der Waals surface area contributed by atoms with Gasteiger partial charge in [-0.2, -0.15) is 0 Å². The predicted molar refractivity (Wildman–Crippen MR) is 60.5 cm³/mol. The van der Waals surface area contributed by atoms with E-state index in [0.717, 1.165) is 19.6 Å². The van der Waals surface area contributed by atoms with Gasteiger partial charge in [-0.05, 0) is 52.6 Å². The van der Waals surface area contributed by atoms with E-state index in [9.17, 15) is 0 Å². The van der Waals surface area contributed by atoms with Crippen LogP contribution in [0.4, 0.5) is 0 Å². The molecular weight excluding hydrogens is 174 g/mol. The lowest BCUT2D eigenvalue weighted by Gasteiger charge is -2.08.